The minimum atomic E-state index is -0.708. The van der Waals surface area contributed by atoms with Crippen LogP contribution in [0, 0.1) is 10.1 Å². The summed E-state index contributed by atoms with van der Waals surface area (Å²) in [5.74, 6) is -1.12. The Morgan fingerprint density at radius 1 is 1.40 bits per heavy atom. The quantitative estimate of drug-likeness (QED) is 0.454. The molecule has 0 amide bonds. The molecule has 3 rings (SSSR count). The minimum Gasteiger partial charge on any atom is -0.397 e. The van der Waals surface area contributed by atoms with Gasteiger partial charge in [-0.15, -0.1) is 0 Å². The zero-order valence-corrected chi connectivity index (χ0v) is 10.5. The Morgan fingerprint density at radius 2 is 2.20 bits per heavy atom. The second-order valence-electron chi connectivity index (χ2n) is 3.94. The lowest BCUT2D eigenvalue weighted by molar-refractivity contribution is -0.402. The summed E-state index contributed by atoms with van der Waals surface area (Å²) in [6, 6.07) is 3.94. The van der Waals surface area contributed by atoms with Crippen LogP contribution in [-0.2, 0) is 0 Å². The van der Waals surface area contributed by atoms with Gasteiger partial charge in [-0.3, -0.25) is 14.9 Å². The predicted molar refractivity (Wildman–Crippen MR) is 69.9 cm³/mol. The van der Waals surface area contributed by atoms with Crippen molar-refractivity contribution in [2.24, 2.45) is 0 Å². The Bertz CT molecular complexity index is 836. The highest BCUT2D eigenvalue weighted by molar-refractivity contribution is 6.37. The summed E-state index contributed by atoms with van der Waals surface area (Å²) >= 11 is 6.04. The number of rotatable bonds is 3. The fourth-order valence-corrected chi connectivity index (χ4v) is 2.12. The lowest BCUT2D eigenvalue weighted by Crippen LogP contribution is -1.98. The lowest BCUT2D eigenvalue weighted by Gasteiger charge is -1.97. The van der Waals surface area contributed by atoms with Crippen LogP contribution in [0.1, 0.15) is 16.1 Å². The third-order valence-corrected chi connectivity index (χ3v) is 3.08. The Balaban J connectivity index is 2.10. The zero-order valence-electron chi connectivity index (χ0n) is 9.79. The van der Waals surface area contributed by atoms with Crippen LogP contribution in [0.15, 0.2) is 35.0 Å². The van der Waals surface area contributed by atoms with Crippen molar-refractivity contribution >= 4 is 34.3 Å². The lowest BCUT2D eigenvalue weighted by atomic mass is 10.1. The van der Waals surface area contributed by atoms with Gasteiger partial charge in [-0.1, -0.05) is 11.6 Å². The number of hydrogen-bond donors (Lipinski definition) is 1. The molecular weight excluding hydrogens is 286 g/mol. The van der Waals surface area contributed by atoms with Gasteiger partial charge in [0.1, 0.15) is 10.6 Å². The molecule has 8 heteroatoms. The third kappa shape index (κ3) is 1.84. The first kappa shape index (κ1) is 12.4. The van der Waals surface area contributed by atoms with Gasteiger partial charge in [-0.05, 0) is 12.1 Å². The molecule has 0 aliphatic carbocycles. The van der Waals surface area contributed by atoms with Crippen molar-refractivity contribution in [1.82, 2.24) is 9.97 Å². The van der Waals surface area contributed by atoms with E-state index in [0.29, 0.717) is 16.1 Å². The first-order valence-corrected chi connectivity index (χ1v) is 5.86. The molecule has 0 spiro atoms. The van der Waals surface area contributed by atoms with E-state index in [1.165, 1.54) is 18.5 Å². The van der Waals surface area contributed by atoms with E-state index in [9.17, 15) is 14.9 Å². The number of halogens is 1. The van der Waals surface area contributed by atoms with E-state index < -0.39 is 16.6 Å². The van der Waals surface area contributed by atoms with Crippen LogP contribution < -0.4 is 0 Å². The van der Waals surface area contributed by atoms with Gasteiger partial charge in [0.05, 0.1) is 16.7 Å². The molecule has 0 aliphatic rings. The van der Waals surface area contributed by atoms with Crippen LogP contribution in [0.2, 0.25) is 5.02 Å². The van der Waals surface area contributed by atoms with E-state index in [1.54, 1.807) is 6.07 Å². The van der Waals surface area contributed by atoms with Crippen LogP contribution in [0.5, 0.6) is 0 Å². The van der Waals surface area contributed by atoms with Crippen molar-refractivity contribution in [3.8, 4) is 0 Å². The number of nitrogens with one attached hydrogen (secondary N) is 1. The maximum atomic E-state index is 12.3. The average Bonchev–Trinajstić information content (AvgIpc) is 3.05. The van der Waals surface area contributed by atoms with Crippen molar-refractivity contribution in [3.63, 3.8) is 0 Å². The maximum Gasteiger partial charge on any atom is 0.433 e. The van der Waals surface area contributed by atoms with E-state index in [-0.39, 0.29) is 11.3 Å². The predicted octanol–water partition coefficient (Wildman–Crippen LogP) is 2.95. The molecule has 0 fully saturated rings. The number of aromatic nitrogens is 2. The van der Waals surface area contributed by atoms with Crippen molar-refractivity contribution in [1.29, 1.82) is 0 Å². The fourth-order valence-electron chi connectivity index (χ4n) is 1.88. The van der Waals surface area contributed by atoms with Crippen LogP contribution in [0.4, 0.5) is 5.88 Å². The molecule has 0 aromatic carbocycles. The van der Waals surface area contributed by atoms with Crippen LogP contribution in [0.3, 0.4) is 0 Å². The molecule has 0 bridgehead atoms. The molecule has 0 radical (unpaired) electrons. The summed E-state index contributed by atoms with van der Waals surface area (Å²) in [5.41, 5.74) is 0.712. The number of aromatic amines is 1. The number of ketones is 1. The third-order valence-electron chi connectivity index (χ3n) is 2.76. The van der Waals surface area contributed by atoms with E-state index in [1.807, 2.05) is 0 Å². The van der Waals surface area contributed by atoms with E-state index in [0.717, 1.165) is 6.07 Å². The number of furan rings is 1. The molecule has 0 aliphatic heterocycles. The smallest absolute Gasteiger partial charge is 0.397 e. The Kier molecular flexibility index (Phi) is 2.76. The molecule has 3 aromatic heterocycles. The number of carbonyl (C=O) groups excluding carboxylic acids is 1. The first-order valence-electron chi connectivity index (χ1n) is 5.48. The number of pyridine rings is 1. The molecule has 0 saturated heterocycles. The summed E-state index contributed by atoms with van der Waals surface area (Å²) < 4.78 is 4.89. The van der Waals surface area contributed by atoms with E-state index in [4.69, 9.17) is 16.0 Å². The average molecular weight is 292 g/mol. The molecule has 0 unspecified atom stereocenters. The van der Waals surface area contributed by atoms with Gasteiger partial charge >= 0.3 is 5.88 Å². The zero-order chi connectivity index (χ0) is 14.3. The monoisotopic (exact) mass is 291 g/mol. The fraction of sp³-hybridized carbons (Fsp3) is 0. The summed E-state index contributed by atoms with van der Waals surface area (Å²) in [6.07, 6.45) is 2.95. The highest BCUT2D eigenvalue weighted by Crippen LogP contribution is 2.28. The summed E-state index contributed by atoms with van der Waals surface area (Å²) in [6.45, 7) is 0. The van der Waals surface area contributed by atoms with Crippen molar-refractivity contribution in [2.45, 2.75) is 0 Å². The highest BCUT2D eigenvalue weighted by Gasteiger charge is 2.22. The standard InChI is InChI=1S/C12H6ClN3O4/c13-7-3-4-14-12-10(7)6(5-15-12)11(17)8-1-2-9(20-8)16(18)19/h1-5H,(H,14,15). The molecule has 0 atom stereocenters. The van der Waals surface area contributed by atoms with Crippen LogP contribution >= 0.6 is 11.6 Å². The first-order chi connectivity index (χ1) is 9.58. The molecular formula is C12H6ClN3O4. The SMILES string of the molecule is O=C(c1ccc([N+](=O)[O-])o1)c1c[nH]c2nccc(Cl)c12. The molecule has 1 N–H and O–H groups in total. The largest absolute Gasteiger partial charge is 0.433 e. The van der Waals surface area contributed by atoms with Gasteiger partial charge in [0, 0.05) is 17.8 Å². The van der Waals surface area contributed by atoms with Gasteiger partial charge in [0.15, 0.2) is 5.76 Å². The number of nitrogens with zero attached hydrogens (tertiary/aromatic N) is 2. The topological polar surface area (TPSA) is 102 Å². The minimum absolute atomic E-state index is 0.127. The number of H-pyrrole nitrogens is 1. The van der Waals surface area contributed by atoms with Crippen LogP contribution in [-0.4, -0.2) is 20.7 Å². The Labute approximate surface area is 116 Å². The highest BCUT2D eigenvalue weighted by atomic mass is 35.5. The van der Waals surface area contributed by atoms with Crippen LogP contribution in [0.25, 0.3) is 11.0 Å². The Hall–Kier alpha value is -2.67. The van der Waals surface area contributed by atoms with Gasteiger partial charge < -0.3 is 9.40 Å². The molecule has 7 nitrogen and oxygen atoms in total. The number of hydrogen-bond acceptors (Lipinski definition) is 5. The van der Waals surface area contributed by atoms with Crippen molar-refractivity contribution < 1.29 is 14.1 Å². The van der Waals surface area contributed by atoms with Gasteiger partial charge in [-0.2, -0.15) is 0 Å². The molecule has 3 aromatic rings. The molecule has 3 heterocycles. The normalized spacial score (nSPS) is 10.8. The van der Waals surface area contributed by atoms with E-state index >= 15 is 0 Å². The number of carbonyl (C=O) groups is 1. The molecule has 100 valence electrons. The number of nitro groups is 1. The summed E-state index contributed by atoms with van der Waals surface area (Å²) in [7, 11) is 0. The Morgan fingerprint density at radius 3 is 2.90 bits per heavy atom. The molecule has 0 saturated carbocycles. The van der Waals surface area contributed by atoms with Crippen molar-refractivity contribution in [3.05, 3.63) is 57.1 Å². The van der Waals surface area contributed by atoms with Crippen molar-refractivity contribution in [2.75, 3.05) is 0 Å². The second kappa shape index (κ2) is 4.46. The molecule has 20 heavy (non-hydrogen) atoms. The summed E-state index contributed by atoms with van der Waals surface area (Å²) in [4.78, 5) is 29.0. The second-order valence-corrected chi connectivity index (χ2v) is 4.35. The number of fused-ring (bicyclic) bond motifs is 1. The van der Waals surface area contributed by atoms with Gasteiger partial charge in [0.25, 0.3) is 0 Å². The van der Waals surface area contributed by atoms with Gasteiger partial charge in [0.2, 0.25) is 5.78 Å². The van der Waals surface area contributed by atoms with Gasteiger partial charge in [-0.25, -0.2) is 4.98 Å². The van der Waals surface area contributed by atoms with E-state index in [2.05, 4.69) is 9.97 Å². The maximum absolute atomic E-state index is 12.3. The summed E-state index contributed by atoms with van der Waals surface area (Å²) in [5, 5.41) is 11.4.